The van der Waals surface area contributed by atoms with E-state index in [4.69, 9.17) is 0 Å². The van der Waals surface area contributed by atoms with Gasteiger partial charge in [-0.3, -0.25) is 0 Å². The summed E-state index contributed by atoms with van der Waals surface area (Å²) in [6, 6.07) is 11.5. The first-order valence-electron chi connectivity index (χ1n) is 4.03. The molecule has 0 atom stereocenters. The van der Waals surface area contributed by atoms with Crippen molar-refractivity contribution in [1.29, 1.82) is 0 Å². The molecule has 2 aromatic carbocycles. The summed E-state index contributed by atoms with van der Waals surface area (Å²) in [6.07, 6.45) is 0. The molecular weight excluding hydrogens is 223 g/mol. The molecule has 2 aromatic rings. The van der Waals surface area contributed by atoms with Crippen LogP contribution in [-0.2, 0) is 10.1 Å². The first-order chi connectivity index (χ1) is 6.59. The van der Waals surface area contributed by atoms with Crippen LogP contribution >= 0.6 is 0 Å². The van der Waals surface area contributed by atoms with Gasteiger partial charge in [0.2, 0.25) is 0 Å². The van der Waals surface area contributed by atoms with Crippen LogP contribution in [0.15, 0.2) is 47.4 Å². The molecule has 0 bridgehead atoms. The smallest absolute Gasteiger partial charge is 0.744 e. The number of fused-ring (bicyclic) bond motifs is 1. The molecule has 0 aliphatic carbocycles. The molecule has 0 amide bonds. The molecule has 0 heterocycles. The van der Waals surface area contributed by atoms with Crippen LogP contribution in [0.25, 0.3) is 10.8 Å². The zero-order valence-electron chi connectivity index (χ0n) is 8.17. The predicted molar refractivity (Wildman–Crippen MR) is 51.9 cm³/mol. The van der Waals surface area contributed by atoms with E-state index in [2.05, 4.69) is 0 Å². The summed E-state index contributed by atoms with van der Waals surface area (Å²) in [5.41, 5.74) is 0. The molecule has 0 saturated carbocycles. The predicted octanol–water partition coefficient (Wildman–Crippen LogP) is -1.25. The molecule has 15 heavy (non-hydrogen) atoms. The summed E-state index contributed by atoms with van der Waals surface area (Å²) in [5.74, 6) is 0. The standard InChI is InChI=1S/C10H8O3S.Na/c11-14(12,13)10-7-3-5-8-4-1-2-6-9(8)10;/h1-7H,(H,11,12,13);/q;+1/p-1. The van der Waals surface area contributed by atoms with Crippen LogP contribution in [0.1, 0.15) is 0 Å². The molecule has 3 nitrogen and oxygen atoms in total. The van der Waals surface area contributed by atoms with E-state index in [9.17, 15) is 13.0 Å². The Labute approximate surface area is 110 Å². The third-order valence-corrected chi connectivity index (χ3v) is 2.91. The Morgan fingerprint density at radius 3 is 2.20 bits per heavy atom. The van der Waals surface area contributed by atoms with Crippen molar-refractivity contribution in [2.75, 3.05) is 0 Å². The molecular formula is C10H7NaO3S. The van der Waals surface area contributed by atoms with Gasteiger partial charge in [-0.25, -0.2) is 8.42 Å². The molecule has 0 aliphatic heterocycles. The SMILES string of the molecule is O=S(=O)([O-])c1cccc2ccccc12.[Na+]. The Bertz CT molecular complexity index is 573. The van der Waals surface area contributed by atoms with Crippen LogP contribution in [0.2, 0.25) is 0 Å². The third-order valence-electron chi connectivity index (χ3n) is 2.02. The fraction of sp³-hybridized carbons (Fsp3) is 0. The average molecular weight is 230 g/mol. The van der Waals surface area contributed by atoms with Gasteiger partial charge in [0.05, 0.1) is 4.90 Å². The Hall–Kier alpha value is -0.390. The van der Waals surface area contributed by atoms with Crippen LogP contribution in [0.5, 0.6) is 0 Å². The maximum absolute atomic E-state index is 10.9. The van der Waals surface area contributed by atoms with Gasteiger partial charge < -0.3 is 4.55 Å². The molecule has 5 heteroatoms. The minimum atomic E-state index is -4.38. The quantitative estimate of drug-likeness (QED) is 0.454. The fourth-order valence-electron chi connectivity index (χ4n) is 1.41. The second-order valence-electron chi connectivity index (χ2n) is 2.93. The van der Waals surface area contributed by atoms with Gasteiger partial charge in [-0.05, 0) is 16.8 Å². The molecule has 0 N–H and O–H groups in total. The molecule has 0 fully saturated rings. The molecule has 2 rings (SSSR count). The van der Waals surface area contributed by atoms with E-state index >= 15 is 0 Å². The van der Waals surface area contributed by atoms with Gasteiger partial charge in [0.15, 0.2) is 0 Å². The van der Waals surface area contributed by atoms with E-state index < -0.39 is 10.1 Å². The van der Waals surface area contributed by atoms with Crippen molar-refractivity contribution in [3.8, 4) is 0 Å². The van der Waals surface area contributed by atoms with Crippen molar-refractivity contribution in [3.05, 3.63) is 42.5 Å². The molecule has 0 aliphatic rings. The van der Waals surface area contributed by atoms with Crippen LogP contribution in [0.4, 0.5) is 0 Å². The van der Waals surface area contributed by atoms with Crippen molar-refractivity contribution in [2.24, 2.45) is 0 Å². The Balaban J connectivity index is 0.00000112. The number of benzene rings is 2. The molecule has 0 aromatic heterocycles. The zero-order valence-corrected chi connectivity index (χ0v) is 11.0. The average Bonchev–Trinajstić information content (AvgIpc) is 2.15. The minimum absolute atomic E-state index is 0. The van der Waals surface area contributed by atoms with Gasteiger partial charge in [0.1, 0.15) is 10.1 Å². The number of rotatable bonds is 1. The first kappa shape index (κ1) is 12.7. The Morgan fingerprint density at radius 1 is 0.933 bits per heavy atom. The van der Waals surface area contributed by atoms with Gasteiger partial charge in [-0.1, -0.05) is 36.4 Å². The van der Waals surface area contributed by atoms with Crippen molar-refractivity contribution in [1.82, 2.24) is 0 Å². The van der Waals surface area contributed by atoms with Crippen molar-refractivity contribution >= 4 is 20.9 Å². The molecule has 72 valence electrons. The largest absolute Gasteiger partial charge is 1.00 e. The van der Waals surface area contributed by atoms with Crippen LogP contribution in [-0.4, -0.2) is 13.0 Å². The maximum Gasteiger partial charge on any atom is 1.00 e. The second-order valence-corrected chi connectivity index (χ2v) is 4.28. The van der Waals surface area contributed by atoms with Gasteiger partial charge in [-0.2, -0.15) is 0 Å². The Morgan fingerprint density at radius 2 is 1.53 bits per heavy atom. The van der Waals surface area contributed by atoms with Crippen LogP contribution in [0, 0.1) is 0 Å². The van der Waals surface area contributed by atoms with Crippen LogP contribution < -0.4 is 29.6 Å². The monoisotopic (exact) mass is 230 g/mol. The molecule has 0 unspecified atom stereocenters. The topological polar surface area (TPSA) is 57.2 Å². The number of hydrogen-bond donors (Lipinski definition) is 0. The summed E-state index contributed by atoms with van der Waals surface area (Å²) in [6.45, 7) is 0. The zero-order chi connectivity index (χ0) is 10.2. The van der Waals surface area contributed by atoms with Gasteiger partial charge in [-0.15, -0.1) is 0 Å². The summed E-state index contributed by atoms with van der Waals surface area (Å²) in [4.78, 5) is -0.157. The third kappa shape index (κ3) is 2.59. The number of hydrogen-bond acceptors (Lipinski definition) is 3. The summed E-state index contributed by atoms with van der Waals surface area (Å²) < 4.78 is 32.7. The van der Waals surface area contributed by atoms with Gasteiger partial charge in [0.25, 0.3) is 0 Å². The summed E-state index contributed by atoms with van der Waals surface area (Å²) in [7, 11) is -4.38. The molecule has 0 radical (unpaired) electrons. The first-order valence-corrected chi connectivity index (χ1v) is 5.43. The minimum Gasteiger partial charge on any atom is -0.744 e. The van der Waals surface area contributed by atoms with E-state index in [1.807, 2.05) is 0 Å². The fourth-order valence-corrected chi connectivity index (χ4v) is 2.11. The van der Waals surface area contributed by atoms with Gasteiger partial charge >= 0.3 is 29.6 Å². The maximum atomic E-state index is 10.9. The van der Waals surface area contributed by atoms with Crippen LogP contribution in [0.3, 0.4) is 0 Å². The second kappa shape index (κ2) is 4.63. The van der Waals surface area contributed by atoms with Crippen molar-refractivity contribution in [2.45, 2.75) is 4.90 Å². The molecule has 0 spiro atoms. The van der Waals surface area contributed by atoms with Crippen molar-refractivity contribution in [3.63, 3.8) is 0 Å². The Kier molecular flexibility index (Phi) is 3.92. The van der Waals surface area contributed by atoms with Crippen molar-refractivity contribution < 1.29 is 42.5 Å². The van der Waals surface area contributed by atoms with Gasteiger partial charge in [0, 0.05) is 0 Å². The van der Waals surface area contributed by atoms with E-state index in [0.717, 1.165) is 5.39 Å². The van der Waals surface area contributed by atoms with E-state index in [1.165, 1.54) is 6.07 Å². The summed E-state index contributed by atoms with van der Waals surface area (Å²) in [5, 5.41) is 1.23. The van der Waals surface area contributed by atoms with E-state index in [-0.39, 0.29) is 34.5 Å². The normalized spacial score (nSPS) is 11.0. The molecule has 0 saturated heterocycles. The summed E-state index contributed by atoms with van der Waals surface area (Å²) >= 11 is 0. The van der Waals surface area contributed by atoms with E-state index in [0.29, 0.717) is 5.39 Å². The van der Waals surface area contributed by atoms with E-state index in [1.54, 1.807) is 36.4 Å².